The predicted molar refractivity (Wildman–Crippen MR) is 68.0 cm³/mol. The number of hydrogen-bond acceptors (Lipinski definition) is 3. The van der Waals surface area contributed by atoms with E-state index in [-0.39, 0.29) is 12.5 Å². The average Bonchev–Trinajstić information content (AvgIpc) is 2.29. The van der Waals surface area contributed by atoms with Crippen molar-refractivity contribution in [3.05, 3.63) is 28.8 Å². The van der Waals surface area contributed by atoms with Crippen LogP contribution in [0.3, 0.4) is 0 Å². The number of halogens is 1. The molecule has 5 heteroatoms. The number of carbonyl (C=O) groups excluding carboxylic acids is 1. The topological polar surface area (TPSA) is 64.9 Å². The average molecular weight is 252 g/mol. The van der Waals surface area contributed by atoms with E-state index in [1.807, 2.05) is 13.0 Å². The molecule has 1 amide bonds. The van der Waals surface area contributed by atoms with E-state index in [0.29, 0.717) is 16.3 Å². The molecule has 0 spiro atoms. The van der Waals surface area contributed by atoms with E-state index < -0.39 is 0 Å². The Morgan fingerprint density at radius 2 is 2.29 bits per heavy atom. The monoisotopic (exact) mass is 251 g/mol. The molecule has 17 heavy (non-hydrogen) atoms. The summed E-state index contributed by atoms with van der Waals surface area (Å²) in [6.07, 6.45) is 0.982. The molecule has 0 heterocycles. The van der Waals surface area contributed by atoms with Crippen molar-refractivity contribution < 1.29 is 4.79 Å². The molecule has 1 rings (SSSR count). The van der Waals surface area contributed by atoms with Crippen LogP contribution in [0.15, 0.2) is 18.2 Å². The second-order valence-corrected chi connectivity index (χ2v) is 3.94. The normalized spacial score (nSPS) is 9.71. The quantitative estimate of drug-likeness (QED) is 0.788. The summed E-state index contributed by atoms with van der Waals surface area (Å²) in [5, 5.41) is 14.7. The summed E-state index contributed by atoms with van der Waals surface area (Å²) in [7, 11) is 0. The number of nitrogens with zero attached hydrogens (tertiary/aromatic N) is 1. The fraction of sp³-hybridized carbons (Fsp3) is 0.333. The molecule has 1 aromatic rings. The largest absolute Gasteiger partial charge is 0.325 e. The van der Waals surface area contributed by atoms with Crippen molar-refractivity contribution in [2.24, 2.45) is 0 Å². The van der Waals surface area contributed by atoms with Gasteiger partial charge in [0.05, 0.1) is 17.1 Å². The number of nitrogens with one attached hydrogen (secondary N) is 2. The van der Waals surface area contributed by atoms with Gasteiger partial charge in [0.2, 0.25) is 5.91 Å². The van der Waals surface area contributed by atoms with Crippen LogP contribution in [0.25, 0.3) is 0 Å². The smallest absolute Gasteiger partial charge is 0.238 e. The van der Waals surface area contributed by atoms with Crippen LogP contribution in [0.2, 0.25) is 5.02 Å². The van der Waals surface area contributed by atoms with Crippen LogP contribution in [-0.4, -0.2) is 19.0 Å². The molecule has 0 fully saturated rings. The van der Waals surface area contributed by atoms with Crippen LogP contribution >= 0.6 is 11.6 Å². The maximum absolute atomic E-state index is 11.5. The maximum atomic E-state index is 11.5. The number of benzene rings is 1. The van der Waals surface area contributed by atoms with Crippen molar-refractivity contribution in [1.29, 1.82) is 5.26 Å². The number of rotatable bonds is 5. The van der Waals surface area contributed by atoms with E-state index in [1.54, 1.807) is 18.2 Å². The molecule has 0 aliphatic heterocycles. The molecule has 4 nitrogen and oxygen atoms in total. The van der Waals surface area contributed by atoms with Gasteiger partial charge in [-0.2, -0.15) is 5.26 Å². The van der Waals surface area contributed by atoms with Crippen LogP contribution < -0.4 is 10.6 Å². The van der Waals surface area contributed by atoms with Gasteiger partial charge in [0.25, 0.3) is 0 Å². The molecule has 2 N–H and O–H groups in total. The molecule has 0 unspecified atom stereocenters. The first-order valence-electron chi connectivity index (χ1n) is 5.37. The third-order valence-electron chi connectivity index (χ3n) is 2.09. The first kappa shape index (κ1) is 13.5. The summed E-state index contributed by atoms with van der Waals surface area (Å²) in [6.45, 7) is 3.11. The number of amides is 1. The first-order chi connectivity index (χ1) is 8.17. The van der Waals surface area contributed by atoms with Gasteiger partial charge in [-0.3, -0.25) is 4.79 Å². The second kappa shape index (κ2) is 6.89. The molecule has 90 valence electrons. The van der Waals surface area contributed by atoms with Gasteiger partial charge in [-0.25, -0.2) is 0 Å². The molecule has 0 aliphatic carbocycles. The summed E-state index contributed by atoms with van der Waals surface area (Å²) >= 11 is 5.85. The molecular formula is C12H14ClN3O. The van der Waals surface area contributed by atoms with E-state index in [0.717, 1.165) is 13.0 Å². The highest BCUT2D eigenvalue weighted by Gasteiger charge is 2.04. The minimum absolute atomic E-state index is 0.126. The molecule has 1 aromatic carbocycles. The number of nitriles is 1. The van der Waals surface area contributed by atoms with Crippen molar-refractivity contribution in [2.75, 3.05) is 18.4 Å². The lowest BCUT2D eigenvalue weighted by atomic mass is 10.2. The Labute approximate surface area is 106 Å². The predicted octanol–water partition coefficient (Wildman–Crippen LogP) is 2.15. The molecule has 0 aromatic heterocycles. The molecule has 0 bridgehead atoms. The van der Waals surface area contributed by atoms with Crippen LogP contribution in [0.4, 0.5) is 5.69 Å². The van der Waals surface area contributed by atoms with Crippen molar-refractivity contribution in [3.8, 4) is 6.07 Å². The minimum Gasteiger partial charge on any atom is -0.325 e. The molecule has 0 atom stereocenters. The maximum Gasteiger partial charge on any atom is 0.238 e. The molecule has 0 aliphatic rings. The van der Waals surface area contributed by atoms with Crippen molar-refractivity contribution in [1.82, 2.24) is 5.32 Å². The standard InChI is InChI=1S/C12H14ClN3O/c1-2-5-15-8-12(17)16-10-4-3-9(7-14)11(13)6-10/h3-4,6,15H,2,5,8H2,1H3,(H,16,17). The Hall–Kier alpha value is -1.57. The first-order valence-corrected chi connectivity index (χ1v) is 5.75. The third kappa shape index (κ3) is 4.43. The Morgan fingerprint density at radius 3 is 2.88 bits per heavy atom. The summed E-state index contributed by atoms with van der Waals surface area (Å²) in [5.41, 5.74) is 0.992. The zero-order chi connectivity index (χ0) is 12.7. The molecule has 0 saturated heterocycles. The van der Waals surface area contributed by atoms with Gasteiger partial charge in [0.15, 0.2) is 0 Å². The zero-order valence-electron chi connectivity index (χ0n) is 9.59. The zero-order valence-corrected chi connectivity index (χ0v) is 10.3. The lowest BCUT2D eigenvalue weighted by molar-refractivity contribution is -0.115. The number of hydrogen-bond donors (Lipinski definition) is 2. The number of anilines is 1. The van der Waals surface area contributed by atoms with Crippen molar-refractivity contribution in [2.45, 2.75) is 13.3 Å². The lowest BCUT2D eigenvalue weighted by Crippen LogP contribution is -2.28. The van der Waals surface area contributed by atoms with Crippen molar-refractivity contribution >= 4 is 23.2 Å². The van der Waals surface area contributed by atoms with Crippen LogP contribution in [0, 0.1) is 11.3 Å². The van der Waals surface area contributed by atoms with Gasteiger partial charge in [-0.15, -0.1) is 0 Å². The lowest BCUT2D eigenvalue weighted by Gasteiger charge is -2.06. The summed E-state index contributed by atoms with van der Waals surface area (Å²) in [4.78, 5) is 11.5. The second-order valence-electron chi connectivity index (χ2n) is 3.53. The van der Waals surface area contributed by atoms with E-state index in [9.17, 15) is 4.79 Å². The van der Waals surface area contributed by atoms with Crippen LogP contribution in [0.5, 0.6) is 0 Å². The summed E-state index contributed by atoms with van der Waals surface area (Å²) in [6, 6.07) is 6.76. The Morgan fingerprint density at radius 1 is 1.53 bits per heavy atom. The highest BCUT2D eigenvalue weighted by Crippen LogP contribution is 2.19. The van der Waals surface area contributed by atoms with Crippen LogP contribution in [0.1, 0.15) is 18.9 Å². The van der Waals surface area contributed by atoms with Gasteiger partial charge in [0.1, 0.15) is 6.07 Å². The summed E-state index contributed by atoms with van der Waals surface area (Å²) in [5.74, 6) is -0.126. The van der Waals surface area contributed by atoms with Gasteiger partial charge in [-0.1, -0.05) is 18.5 Å². The minimum atomic E-state index is -0.126. The van der Waals surface area contributed by atoms with Gasteiger partial charge in [-0.05, 0) is 31.2 Å². The number of carbonyl (C=O) groups is 1. The third-order valence-corrected chi connectivity index (χ3v) is 2.40. The van der Waals surface area contributed by atoms with E-state index >= 15 is 0 Å². The van der Waals surface area contributed by atoms with Crippen LogP contribution in [-0.2, 0) is 4.79 Å². The highest BCUT2D eigenvalue weighted by molar-refractivity contribution is 6.32. The Balaban J connectivity index is 2.55. The van der Waals surface area contributed by atoms with E-state index in [1.165, 1.54) is 0 Å². The van der Waals surface area contributed by atoms with E-state index in [2.05, 4.69) is 10.6 Å². The fourth-order valence-corrected chi connectivity index (χ4v) is 1.49. The fourth-order valence-electron chi connectivity index (χ4n) is 1.27. The van der Waals surface area contributed by atoms with E-state index in [4.69, 9.17) is 16.9 Å². The van der Waals surface area contributed by atoms with Gasteiger partial charge >= 0.3 is 0 Å². The molecule has 0 radical (unpaired) electrons. The SMILES string of the molecule is CCCNCC(=O)Nc1ccc(C#N)c(Cl)c1. The van der Waals surface area contributed by atoms with Crippen molar-refractivity contribution in [3.63, 3.8) is 0 Å². The van der Waals surface area contributed by atoms with Gasteiger partial charge in [0, 0.05) is 5.69 Å². The van der Waals surface area contributed by atoms with Gasteiger partial charge < -0.3 is 10.6 Å². The highest BCUT2D eigenvalue weighted by atomic mass is 35.5. The molecule has 0 saturated carbocycles. The Bertz CT molecular complexity index is 440. The summed E-state index contributed by atoms with van der Waals surface area (Å²) < 4.78 is 0. The molecular weight excluding hydrogens is 238 g/mol. The Kier molecular flexibility index (Phi) is 5.47.